The minimum absolute atomic E-state index is 0.558. The van der Waals surface area contributed by atoms with Crippen molar-refractivity contribution in [1.29, 1.82) is 0 Å². The van der Waals surface area contributed by atoms with Crippen LogP contribution in [0.4, 0.5) is 0 Å². The minimum atomic E-state index is -1.26. The third kappa shape index (κ3) is 4.53. The maximum atomic E-state index is 9.55. The Morgan fingerprint density at radius 2 is 2.00 bits per heavy atom. The monoisotopic (exact) mass is 302 g/mol. The van der Waals surface area contributed by atoms with Crippen LogP contribution >= 0.6 is 0 Å². The molecule has 2 unspecified atom stereocenters. The third-order valence-corrected chi connectivity index (χ3v) is 3.66. The summed E-state index contributed by atoms with van der Waals surface area (Å²) < 4.78 is 0. The summed E-state index contributed by atoms with van der Waals surface area (Å²) in [4.78, 5) is 23.3. The van der Waals surface area contributed by atoms with Crippen LogP contribution in [0.1, 0.15) is 18.4 Å². The molecule has 0 spiro atoms. The number of aromatic nitrogens is 1. The standard InChI is InChI=1S/C12H14N2.C4H4O4/c1-2-10(8-13-4-1)11-6-9-3-5-14-12(9)7-11;5-3(6)1-2-4(7)8/h1-2,4,6,8-9,12,14H,3,5,7H2;1-2H,(H,5,6)(H,7,8). The highest BCUT2D eigenvalue weighted by Crippen LogP contribution is 2.35. The van der Waals surface area contributed by atoms with Crippen molar-refractivity contribution in [2.75, 3.05) is 6.54 Å². The molecule has 0 saturated carbocycles. The lowest BCUT2D eigenvalue weighted by atomic mass is 10.1. The molecule has 1 saturated heterocycles. The molecular formula is C16H18N2O4. The first-order valence-electron chi connectivity index (χ1n) is 7.04. The van der Waals surface area contributed by atoms with Crippen LogP contribution in [0, 0.1) is 5.92 Å². The predicted molar refractivity (Wildman–Crippen MR) is 81.1 cm³/mol. The van der Waals surface area contributed by atoms with Crippen molar-refractivity contribution in [3.63, 3.8) is 0 Å². The highest BCUT2D eigenvalue weighted by molar-refractivity contribution is 5.89. The number of nitrogens with one attached hydrogen (secondary N) is 1. The van der Waals surface area contributed by atoms with Gasteiger partial charge < -0.3 is 15.5 Å². The van der Waals surface area contributed by atoms with Crippen LogP contribution in [-0.2, 0) is 9.59 Å². The van der Waals surface area contributed by atoms with Crippen LogP contribution in [0.2, 0.25) is 0 Å². The van der Waals surface area contributed by atoms with Crippen molar-refractivity contribution in [3.05, 3.63) is 48.3 Å². The SMILES string of the molecule is C1=C(c2cccnc2)CC2NCCC12.O=C(O)C=CC(=O)O. The van der Waals surface area contributed by atoms with E-state index in [-0.39, 0.29) is 0 Å². The molecule has 2 atom stereocenters. The topological polar surface area (TPSA) is 99.5 Å². The Balaban J connectivity index is 0.000000192. The second-order valence-electron chi connectivity index (χ2n) is 5.16. The fourth-order valence-corrected chi connectivity index (χ4v) is 2.68. The van der Waals surface area contributed by atoms with Gasteiger partial charge in [0.15, 0.2) is 0 Å². The van der Waals surface area contributed by atoms with Gasteiger partial charge in [-0.3, -0.25) is 4.98 Å². The van der Waals surface area contributed by atoms with Gasteiger partial charge in [-0.1, -0.05) is 12.1 Å². The number of hydrogen-bond donors (Lipinski definition) is 3. The molecule has 3 N–H and O–H groups in total. The Labute approximate surface area is 128 Å². The molecule has 116 valence electrons. The van der Waals surface area contributed by atoms with Crippen LogP contribution in [0.3, 0.4) is 0 Å². The summed E-state index contributed by atoms with van der Waals surface area (Å²) in [6, 6.07) is 4.86. The first-order chi connectivity index (χ1) is 10.6. The quantitative estimate of drug-likeness (QED) is 0.733. The van der Waals surface area contributed by atoms with Crippen molar-refractivity contribution in [2.24, 2.45) is 5.92 Å². The van der Waals surface area contributed by atoms with Gasteiger partial charge in [0.1, 0.15) is 0 Å². The van der Waals surface area contributed by atoms with E-state index in [1.165, 1.54) is 30.5 Å². The average molecular weight is 302 g/mol. The Morgan fingerprint density at radius 3 is 2.55 bits per heavy atom. The molecule has 6 nitrogen and oxygen atoms in total. The van der Waals surface area contributed by atoms with Gasteiger partial charge in [-0.2, -0.15) is 0 Å². The molecule has 1 aliphatic heterocycles. The number of hydrogen-bond acceptors (Lipinski definition) is 4. The molecule has 22 heavy (non-hydrogen) atoms. The molecule has 6 heteroatoms. The van der Waals surface area contributed by atoms with Crippen molar-refractivity contribution in [3.8, 4) is 0 Å². The normalized spacial score (nSPS) is 22.6. The van der Waals surface area contributed by atoms with Crippen molar-refractivity contribution >= 4 is 17.5 Å². The smallest absolute Gasteiger partial charge is 0.328 e. The zero-order valence-corrected chi connectivity index (χ0v) is 12.0. The van der Waals surface area contributed by atoms with Gasteiger partial charge in [0.2, 0.25) is 0 Å². The van der Waals surface area contributed by atoms with E-state index in [1.54, 1.807) is 0 Å². The summed E-state index contributed by atoms with van der Waals surface area (Å²) in [6.45, 7) is 1.19. The van der Waals surface area contributed by atoms with Gasteiger partial charge in [0.05, 0.1) is 0 Å². The molecule has 1 aromatic rings. The lowest BCUT2D eigenvalue weighted by molar-refractivity contribution is -0.134. The van der Waals surface area contributed by atoms with Gasteiger partial charge in [0, 0.05) is 30.6 Å². The van der Waals surface area contributed by atoms with Gasteiger partial charge in [-0.25, -0.2) is 9.59 Å². The summed E-state index contributed by atoms with van der Waals surface area (Å²) in [6.07, 6.45) is 9.82. The summed E-state index contributed by atoms with van der Waals surface area (Å²) >= 11 is 0. The highest BCUT2D eigenvalue weighted by atomic mass is 16.4. The van der Waals surface area contributed by atoms with Crippen LogP contribution in [0.25, 0.3) is 5.57 Å². The number of nitrogens with zero attached hydrogens (tertiary/aromatic N) is 1. The Kier molecular flexibility index (Phi) is 5.43. The third-order valence-electron chi connectivity index (χ3n) is 3.66. The van der Waals surface area contributed by atoms with Gasteiger partial charge >= 0.3 is 11.9 Å². The molecule has 0 radical (unpaired) electrons. The lowest BCUT2D eigenvalue weighted by Gasteiger charge is -2.07. The first kappa shape index (κ1) is 15.9. The minimum Gasteiger partial charge on any atom is -0.478 e. The molecule has 0 bridgehead atoms. The molecule has 1 aromatic heterocycles. The fraction of sp³-hybridized carbons (Fsp3) is 0.312. The second kappa shape index (κ2) is 7.51. The van der Waals surface area contributed by atoms with Gasteiger partial charge in [0.25, 0.3) is 0 Å². The van der Waals surface area contributed by atoms with Crippen LogP contribution < -0.4 is 5.32 Å². The molecule has 1 aliphatic carbocycles. The zero-order valence-electron chi connectivity index (χ0n) is 12.0. The van der Waals surface area contributed by atoms with E-state index in [2.05, 4.69) is 22.4 Å². The van der Waals surface area contributed by atoms with E-state index in [0.717, 1.165) is 5.92 Å². The Hall–Kier alpha value is -2.47. The highest BCUT2D eigenvalue weighted by Gasteiger charge is 2.31. The predicted octanol–water partition coefficient (Wildman–Crippen LogP) is 1.56. The van der Waals surface area contributed by atoms with E-state index < -0.39 is 11.9 Å². The number of fused-ring (bicyclic) bond motifs is 1. The van der Waals surface area contributed by atoms with Crippen LogP contribution in [0.15, 0.2) is 42.8 Å². The van der Waals surface area contributed by atoms with Gasteiger partial charge in [-0.15, -0.1) is 0 Å². The molecule has 1 fully saturated rings. The maximum absolute atomic E-state index is 9.55. The molecule has 0 aromatic carbocycles. The van der Waals surface area contributed by atoms with Crippen LogP contribution in [-0.4, -0.2) is 39.7 Å². The molecule has 0 amide bonds. The summed E-state index contributed by atoms with van der Waals surface area (Å²) in [5.41, 5.74) is 2.77. The van der Waals surface area contributed by atoms with Crippen molar-refractivity contribution < 1.29 is 19.8 Å². The van der Waals surface area contributed by atoms with Crippen LogP contribution in [0.5, 0.6) is 0 Å². The summed E-state index contributed by atoms with van der Waals surface area (Å²) in [5.74, 6) is -1.75. The van der Waals surface area contributed by atoms with Gasteiger partial charge in [-0.05, 0) is 42.5 Å². The zero-order chi connectivity index (χ0) is 15.9. The Bertz CT molecular complexity index is 579. The first-order valence-corrected chi connectivity index (χ1v) is 7.04. The second-order valence-corrected chi connectivity index (χ2v) is 5.16. The van der Waals surface area contributed by atoms with E-state index in [1.807, 2.05) is 18.5 Å². The summed E-state index contributed by atoms with van der Waals surface area (Å²) in [5, 5.41) is 19.2. The molecule has 3 rings (SSSR count). The molecular weight excluding hydrogens is 284 g/mol. The van der Waals surface area contributed by atoms with E-state index >= 15 is 0 Å². The van der Waals surface area contributed by atoms with Crippen molar-refractivity contribution in [2.45, 2.75) is 18.9 Å². The Morgan fingerprint density at radius 1 is 1.27 bits per heavy atom. The van der Waals surface area contributed by atoms with Crippen molar-refractivity contribution in [1.82, 2.24) is 10.3 Å². The number of pyridine rings is 1. The maximum Gasteiger partial charge on any atom is 0.328 e. The number of carboxylic acids is 2. The average Bonchev–Trinajstić information content (AvgIpc) is 3.08. The number of carboxylic acid groups (broad SMARTS) is 2. The lowest BCUT2D eigenvalue weighted by Crippen LogP contribution is -2.22. The molecule has 2 aliphatic rings. The van der Waals surface area contributed by atoms with E-state index in [9.17, 15) is 9.59 Å². The number of carbonyl (C=O) groups is 2. The van der Waals surface area contributed by atoms with E-state index in [4.69, 9.17) is 10.2 Å². The largest absolute Gasteiger partial charge is 0.478 e. The van der Waals surface area contributed by atoms with E-state index in [0.29, 0.717) is 18.2 Å². The number of aliphatic carboxylic acids is 2. The summed E-state index contributed by atoms with van der Waals surface area (Å²) in [7, 11) is 0. The molecule has 2 heterocycles. The number of rotatable bonds is 3. The fourth-order valence-electron chi connectivity index (χ4n) is 2.68.